The summed E-state index contributed by atoms with van der Waals surface area (Å²) in [6, 6.07) is 0. The first-order valence-electron chi connectivity index (χ1n) is 8.67. The number of aromatic nitrogens is 2. The smallest absolute Gasteiger partial charge is 0.378 e. The molecule has 5 atom stereocenters. The SMILES string of the molecule is COC1C[C@H](n2cc(C#CCN)c(=O)[nH]c2=O)O[C@@H]1COP(=O)(O)OP(=O)(O)OP(=O)(O)O. The van der Waals surface area contributed by atoms with Crippen molar-refractivity contribution in [1.29, 1.82) is 0 Å². The number of rotatable bonds is 9. The molecule has 0 bridgehead atoms. The Kier molecular flexibility index (Phi) is 9.13. The van der Waals surface area contributed by atoms with Crippen molar-refractivity contribution in [3.8, 4) is 11.8 Å². The van der Waals surface area contributed by atoms with Gasteiger partial charge in [-0.15, -0.1) is 0 Å². The number of nitrogens with one attached hydrogen (secondary N) is 1. The van der Waals surface area contributed by atoms with Crippen molar-refractivity contribution >= 4 is 23.5 Å². The number of H-pyrrole nitrogens is 1. The van der Waals surface area contributed by atoms with Gasteiger partial charge in [-0.05, 0) is 0 Å². The topological polar surface area (TPSA) is 259 Å². The average Bonchev–Trinajstić information content (AvgIpc) is 3.06. The number of aromatic amines is 1. The fourth-order valence-corrected chi connectivity index (χ4v) is 5.70. The van der Waals surface area contributed by atoms with Gasteiger partial charge < -0.3 is 34.8 Å². The maximum Gasteiger partial charge on any atom is 0.490 e. The van der Waals surface area contributed by atoms with Crippen LogP contribution >= 0.6 is 23.5 Å². The van der Waals surface area contributed by atoms with E-state index < -0.39 is 59.8 Å². The van der Waals surface area contributed by atoms with Crippen LogP contribution in [0.2, 0.25) is 0 Å². The molecule has 0 saturated carbocycles. The van der Waals surface area contributed by atoms with Crippen LogP contribution in [-0.4, -0.2) is 61.6 Å². The molecule has 0 spiro atoms. The van der Waals surface area contributed by atoms with Crippen LogP contribution < -0.4 is 17.0 Å². The minimum atomic E-state index is -5.68. The number of phosphoric ester groups is 1. The molecule has 1 fully saturated rings. The standard InChI is InChI=1S/C13H20N3O14P3/c1-26-9-5-11(16-6-8(3-2-4-14)12(17)15-13(16)18)28-10(9)7-27-32(22,23)30-33(24,25)29-31(19,20)21/h6,9-11H,4-5,7,14H2,1H3,(H,22,23)(H,24,25)(H,15,17,18)(H2,19,20,21)/t9?,10-,11-/m1/s1. The first-order chi connectivity index (χ1) is 15.2. The Labute approximate surface area is 184 Å². The highest BCUT2D eigenvalue weighted by atomic mass is 31.3. The third kappa shape index (κ3) is 8.36. The predicted molar refractivity (Wildman–Crippen MR) is 106 cm³/mol. The van der Waals surface area contributed by atoms with E-state index in [4.69, 9.17) is 25.0 Å². The fourth-order valence-electron chi connectivity index (χ4n) is 2.67. The quantitative estimate of drug-likeness (QED) is 0.155. The summed E-state index contributed by atoms with van der Waals surface area (Å²) in [6.45, 7) is -0.816. The Morgan fingerprint density at radius 2 is 1.88 bits per heavy atom. The van der Waals surface area contributed by atoms with E-state index in [1.807, 2.05) is 0 Å². The van der Waals surface area contributed by atoms with Crippen molar-refractivity contribution in [2.45, 2.75) is 24.9 Å². The Morgan fingerprint density at radius 1 is 1.21 bits per heavy atom. The van der Waals surface area contributed by atoms with Gasteiger partial charge in [0.2, 0.25) is 0 Å². The normalized spacial score (nSPS) is 24.5. The number of hydrogen-bond acceptors (Lipinski definition) is 11. The Hall–Kier alpha value is -1.47. The van der Waals surface area contributed by atoms with E-state index in [0.717, 1.165) is 10.8 Å². The van der Waals surface area contributed by atoms with Gasteiger partial charge in [-0.1, -0.05) is 11.8 Å². The molecule has 2 rings (SSSR count). The maximum absolute atomic E-state index is 12.2. The summed E-state index contributed by atoms with van der Waals surface area (Å²) < 4.78 is 57.5. The zero-order chi connectivity index (χ0) is 25.0. The Bertz CT molecular complexity index is 1180. The number of methoxy groups -OCH3 is 1. The van der Waals surface area contributed by atoms with Gasteiger partial charge in [-0.2, -0.15) is 8.62 Å². The van der Waals surface area contributed by atoms with Gasteiger partial charge in [0.05, 0.1) is 19.3 Å². The minimum Gasteiger partial charge on any atom is -0.378 e. The van der Waals surface area contributed by atoms with Crippen LogP contribution in [0.5, 0.6) is 0 Å². The van der Waals surface area contributed by atoms with E-state index in [2.05, 4.69) is 30.0 Å². The van der Waals surface area contributed by atoms with Crippen LogP contribution in [0.15, 0.2) is 15.8 Å². The lowest BCUT2D eigenvalue weighted by atomic mass is 10.2. The second-order valence-electron chi connectivity index (χ2n) is 6.24. The number of ether oxygens (including phenoxy) is 2. The lowest BCUT2D eigenvalue weighted by molar-refractivity contribution is -0.0525. The summed E-state index contributed by atoms with van der Waals surface area (Å²) in [5.41, 5.74) is 3.60. The van der Waals surface area contributed by atoms with Crippen LogP contribution in [0.4, 0.5) is 0 Å². The van der Waals surface area contributed by atoms with Gasteiger partial charge in [0.1, 0.15) is 17.9 Å². The number of nitrogens with zero attached hydrogens (tertiary/aromatic N) is 1. The van der Waals surface area contributed by atoms with E-state index in [-0.39, 0.29) is 18.5 Å². The van der Waals surface area contributed by atoms with E-state index in [9.17, 15) is 33.1 Å². The highest BCUT2D eigenvalue weighted by Gasteiger charge is 2.43. The summed E-state index contributed by atoms with van der Waals surface area (Å²) >= 11 is 0. The number of phosphoric acid groups is 3. The molecule has 17 nitrogen and oxygen atoms in total. The van der Waals surface area contributed by atoms with Crippen molar-refractivity contribution in [2.24, 2.45) is 5.73 Å². The zero-order valence-electron chi connectivity index (χ0n) is 16.7. The number of hydrogen-bond donors (Lipinski definition) is 6. The lowest BCUT2D eigenvalue weighted by Crippen LogP contribution is -2.33. The molecule has 0 aliphatic carbocycles. The number of nitrogens with two attached hydrogens (primary N) is 1. The van der Waals surface area contributed by atoms with Crippen molar-refractivity contribution in [1.82, 2.24) is 9.55 Å². The largest absolute Gasteiger partial charge is 0.490 e. The van der Waals surface area contributed by atoms with Gasteiger partial charge in [-0.3, -0.25) is 18.9 Å². The molecule has 1 saturated heterocycles. The van der Waals surface area contributed by atoms with Crippen LogP contribution in [0, 0.1) is 11.8 Å². The van der Waals surface area contributed by atoms with E-state index in [1.165, 1.54) is 7.11 Å². The van der Waals surface area contributed by atoms with Gasteiger partial charge in [0.25, 0.3) is 5.56 Å². The van der Waals surface area contributed by atoms with Crippen LogP contribution in [0.25, 0.3) is 0 Å². The van der Waals surface area contributed by atoms with Gasteiger partial charge in [-0.25, -0.2) is 18.5 Å². The van der Waals surface area contributed by atoms with Crippen molar-refractivity contribution in [2.75, 3.05) is 20.3 Å². The molecule has 0 amide bonds. The third-order valence-electron chi connectivity index (χ3n) is 3.90. The molecule has 1 aliphatic rings. The minimum absolute atomic E-state index is 0.0105. The van der Waals surface area contributed by atoms with Gasteiger partial charge in [0, 0.05) is 19.7 Å². The highest BCUT2D eigenvalue weighted by molar-refractivity contribution is 7.66. The monoisotopic (exact) mass is 535 g/mol. The zero-order valence-corrected chi connectivity index (χ0v) is 19.4. The molecular weight excluding hydrogens is 515 g/mol. The summed E-state index contributed by atoms with van der Waals surface area (Å²) in [5, 5.41) is 0. The molecule has 7 N–H and O–H groups in total. The molecule has 0 radical (unpaired) electrons. The molecular formula is C13H20N3O14P3. The average molecular weight is 535 g/mol. The summed E-state index contributed by atoms with van der Waals surface area (Å²) in [4.78, 5) is 61.9. The van der Waals surface area contributed by atoms with Crippen LogP contribution in [0.1, 0.15) is 18.2 Å². The molecule has 1 aromatic heterocycles. The highest BCUT2D eigenvalue weighted by Crippen LogP contribution is 2.66. The Balaban J connectivity index is 2.14. The van der Waals surface area contributed by atoms with Crippen LogP contribution in [-0.2, 0) is 36.3 Å². The predicted octanol–water partition coefficient (Wildman–Crippen LogP) is -1.51. The van der Waals surface area contributed by atoms with E-state index >= 15 is 0 Å². The third-order valence-corrected chi connectivity index (χ3v) is 7.71. The van der Waals surface area contributed by atoms with E-state index in [0.29, 0.717) is 0 Å². The second-order valence-corrected chi connectivity index (χ2v) is 10.7. The van der Waals surface area contributed by atoms with Gasteiger partial charge in [0.15, 0.2) is 0 Å². The second kappa shape index (κ2) is 10.9. The molecule has 20 heteroatoms. The van der Waals surface area contributed by atoms with Crippen LogP contribution in [0.3, 0.4) is 0 Å². The molecule has 2 heterocycles. The first-order valence-corrected chi connectivity index (χ1v) is 13.2. The van der Waals surface area contributed by atoms with E-state index in [1.54, 1.807) is 0 Å². The molecule has 3 unspecified atom stereocenters. The molecule has 186 valence electrons. The first kappa shape index (κ1) is 27.8. The maximum atomic E-state index is 12.2. The summed E-state index contributed by atoms with van der Waals surface area (Å²) in [5.74, 6) is 4.95. The molecule has 0 aromatic carbocycles. The molecule has 1 aliphatic heterocycles. The van der Waals surface area contributed by atoms with Crippen molar-refractivity contribution in [3.63, 3.8) is 0 Å². The Morgan fingerprint density at radius 3 is 2.45 bits per heavy atom. The summed E-state index contributed by atoms with van der Waals surface area (Å²) in [7, 11) is -15.3. The lowest BCUT2D eigenvalue weighted by Gasteiger charge is -2.20. The molecule has 33 heavy (non-hydrogen) atoms. The summed E-state index contributed by atoms with van der Waals surface area (Å²) in [6.07, 6.45) is -1.84. The molecule has 1 aromatic rings. The van der Waals surface area contributed by atoms with Crippen molar-refractivity contribution in [3.05, 3.63) is 32.6 Å². The fraction of sp³-hybridized carbons (Fsp3) is 0.538. The van der Waals surface area contributed by atoms with Gasteiger partial charge >= 0.3 is 29.2 Å². The van der Waals surface area contributed by atoms with Crippen molar-refractivity contribution < 1.29 is 55.9 Å².